The van der Waals surface area contributed by atoms with E-state index >= 15 is 0 Å². The minimum atomic E-state index is -0.353. The summed E-state index contributed by atoms with van der Waals surface area (Å²) in [4.78, 5) is 17.0. The molecule has 0 saturated heterocycles. The lowest BCUT2D eigenvalue weighted by atomic mass is 9.97. The number of ether oxygens (including phenoxy) is 1. The van der Waals surface area contributed by atoms with Gasteiger partial charge in [-0.2, -0.15) is 0 Å². The molecule has 0 N–H and O–H groups in total. The van der Waals surface area contributed by atoms with Crippen LogP contribution in [0.15, 0.2) is 67.0 Å². The molecule has 4 rings (SSSR count). The lowest BCUT2D eigenvalue weighted by Gasteiger charge is -2.09. The summed E-state index contributed by atoms with van der Waals surface area (Å²) >= 11 is 0. The second kappa shape index (κ2) is 5.25. The van der Waals surface area contributed by atoms with Crippen LogP contribution in [0.5, 0.6) is 0 Å². The molecule has 112 valence electrons. The summed E-state index contributed by atoms with van der Waals surface area (Å²) in [6, 6.07) is 17.5. The van der Waals surface area contributed by atoms with Crippen LogP contribution in [0.1, 0.15) is 10.4 Å². The van der Waals surface area contributed by atoms with E-state index < -0.39 is 0 Å². The van der Waals surface area contributed by atoms with E-state index in [-0.39, 0.29) is 5.97 Å². The average Bonchev–Trinajstić information content (AvgIpc) is 3.04. The standard InChI is InChI=1S/C19H14N2O2/c1-23-19(22)18-14-7-3-2-6-13(14)9-10-15(18)16-12-21-11-5-4-8-17(21)20-16/h2-12H,1H3. The van der Waals surface area contributed by atoms with Gasteiger partial charge in [0, 0.05) is 18.0 Å². The molecule has 0 aliphatic carbocycles. The highest BCUT2D eigenvalue weighted by Crippen LogP contribution is 2.30. The van der Waals surface area contributed by atoms with E-state index in [9.17, 15) is 4.79 Å². The topological polar surface area (TPSA) is 43.6 Å². The van der Waals surface area contributed by atoms with Crippen LogP contribution in [0.4, 0.5) is 0 Å². The number of aromatic nitrogens is 2. The van der Waals surface area contributed by atoms with E-state index in [0.717, 1.165) is 27.7 Å². The third kappa shape index (κ3) is 2.16. The zero-order valence-corrected chi connectivity index (χ0v) is 12.6. The van der Waals surface area contributed by atoms with Gasteiger partial charge in [-0.25, -0.2) is 9.78 Å². The highest BCUT2D eigenvalue weighted by atomic mass is 16.5. The first-order valence-corrected chi connectivity index (χ1v) is 7.32. The normalized spacial score (nSPS) is 11.0. The van der Waals surface area contributed by atoms with E-state index in [4.69, 9.17) is 4.74 Å². The Hall–Kier alpha value is -3.14. The molecule has 2 heterocycles. The van der Waals surface area contributed by atoms with Crippen molar-refractivity contribution in [3.8, 4) is 11.3 Å². The Bertz CT molecular complexity index is 1000. The molecule has 4 aromatic rings. The van der Waals surface area contributed by atoms with Crippen LogP contribution >= 0.6 is 0 Å². The Labute approximate surface area is 133 Å². The second-order valence-corrected chi connectivity index (χ2v) is 5.29. The molecule has 4 nitrogen and oxygen atoms in total. The number of rotatable bonds is 2. The van der Waals surface area contributed by atoms with Crippen molar-refractivity contribution < 1.29 is 9.53 Å². The number of nitrogens with zero attached hydrogens (tertiary/aromatic N) is 2. The number of fused-ring (bicyclic) bond motifs is 2. The second-order valence-electron chi connectivity index (χ2n) is 5.29. The Balaban J connectivity index is 2.04. The lowest BCUT2D eigenvalue weighted by molar-refractivity contribution is 0.0604. The summed E-state index contributed by atoms with van der Waals surface area (Å²) in [5, 5.41) is 1.87. The third-order valence-corrected chi connectivity index (χ3v) is 3.96. The van der Waals surface area contributed by atoms with Crippen LogP contribution in [0.3, 0.4) is 0 Å². The van der Waals surface area contributed by atoms with Crippen molar-refractivity contribution in [3.05, 3.63) is 72.6 Å². The molecule has 0 fully saturated rings. The fraction of sp³-hybridized carbons (Fsp3) is 0.0526. The summed E-state index contributed by atoms with van der Waals surface area (Å²) in [5.74, 6) is -0.353. The van der Waals surface area contributed by atoms with Crippen LogP contribution in [0.25, 0.3) is 27.7 Å². The Morgan fingerprint density at radius 1 is 1.04 bits per heavy atom. The molecule has 0 radical (unpaired) electrons. The van der Waals surface area contributed by atoms with Gasteiger partial charge in [0.2, 0.25) is 0 Å². The van der Waals surface area contributed by atoms with Crippen molar-refractivity contribution >= 4 is 22.4 Å². The molecule has 0 spiro atoms. The molecule has 0 aliphatic rings. The number of benzene rings is 2. The molecule has 23 heavy (non-hydrogen) atoms. The molecule has 0 bridgehead atoms. The van der Waals surface area contributed by atoms with Gasteiger partial charge < -0.3 is 9.14 Å². The number of hydrogen-bond donors (Lipinski definition) is 0. The monoisotopic (exact) mass is 302 g/mol. The number of hydrogen-bond acceptors (Lipinski definition) is 3. The first-order valence-electron chi connectivity index (χ1n) is 7.32. The van der Waals surface area contributed by atoms with E-state index in [2.05, 4.69) is 4.98 Å². The summed E-state index contributed by atoms with van der Waals surface area (Å²) in [5.41, 5.74) is 2.92. The zero-order valence-electron chi connectivity index (χ0n) is 12.6. The van der Waals surface area contributed by atoms with Gasteiger partial charge in [-0.1, -0.05) is 42.5 Å². The van der Waals surface area contributed by atoms with Crippen LogP contribution in [-0.2, 0) is 4.74 Å². The van der Waals surface area contributed by atoms with Gasteiger partial charge >= 0.3 is 5.97 Å². The smallest absolute Gasteiger partial charge is 0.339 e. The predicted molar refractivity (Wildman–Crippen MR) is 89.5 cm³/mol. The van der Waals surface area contributed by atoms with Gasteiger partial charge in [0.25, 0.3) is 0 Å². The highest BCUT2D eigenvalue weighted by molar-refractivity contribution is 6.10. The molecule has 0 amide bonds. The SMILES string of the molecule is COC(=O)c1c(-c2cn3ccccc3n2)ccc2ccccc12. The van der Waals surface area contributed by atoms with Crippen molar-refractivity contribution in [3.63, 3.8) is 0 Å². The van der Waals surface area contributed by atoms with E-state index in [0.29, 0.717) is 5.56 Å². The van der Waals surface area contributed by atoms with Crippen molar-refractivity contribution in [2.75, 3.05) is 7.11 Å². The van der Waals surface area contributed by atoms with E-state index in [1.165, 1.54) is 7.11 Å². The first-order chi connectivity index (χ1) is 11.3. The van der Waals surface area contributed by atoms with E-state index in [1.54, 1.807) is 0 Å². The fourth-order valence-corrected chi connectivity index (χ4v) is 2.87. The molecule has 0 saturated carbocycles. The van der Waals surface area contributed by atoms with Gasteiger partial charge in [-0.3, -0.25) is 0 Å². The fourth-order valence-electron chi connectivity index (χ4n) is 2.87. The Morgan fingerprint density at radius 2 is 1.87 bits per heavy atom. The van der Waals surface area contributed by atoms with Crippen LogP contribution in [0, 0.1) is 0 Å². The van der Waals surface area contributed by atoms with E-state index in [1.807, 2.05) is 71.4 Å². The average molecular weight is 302 g/mol. The van der Waals surface area contributed by atoms with Crippen molar-refractivity contribution in [1.29, 1.82) is 0 Å². The van der Waals surface area contributed by atoms with Crippen molar-refractivity contribution in [2.45, 2.75) is 0 Å². The Morgan fingerprint density at radius 3 is 2.70 bits per heavy atom. The third-order valence-electron chi connectivity index (χ3n) is 3.96. The predicted octanol–water partition coefficient (Wildman–Crippen LogP) is 3.94. The first kappa shape index (κ1) is 13.5. The summed E-state index contributed by atoms with van der Waals surface area (Å²) in [7, 11) is 1.40. The minimum Gasteiger partial charge on any atom is -0.465 e. The lowest BCUT2D eigenvalue weighted by Crippen LogP contribution is -2.05. The molecule has 2 aromatic carbocycles. The van der Waals surface area contributed by atoms with Crippen molar-refractivity contribution in [1.82, 2.24) is 9.38 Å². The molecule has 4 heteroatoms. The Kier molecular flexibility index (Phi) is 3.08. The molecule has 2 aromatic heterocycles. The number of methoxy groups -OCH3 is 1. The summed E-state index contributed by atoms with van der Waals surface area (Å²) < 4.78 is 6.94. The van der Waals surface area contributed by atoms with Gasteiger partial charge in [0.15, 0.2) is 0 Å². The number of pyridine rings is 1. The molecule has 0 aliphatic heterocycles. The van der Waals surface area contributed by atoms with Gasteiger partial charge in [0.05, 0.1) is 18.4 Å². The number of esters is 1. The van der Waals surface area contributed by atoms with Crippen molar-refractivity contribution in [2.24, 2.45) is 0 Å². The molecular weight excluding hydrogens is 288 g/mol. The minimum absolute atomic E-state index is 0.353. The van der Waals surface area contributed by atoms with Crippen LogP contribution < -0.4 is 0 Å². The van der Waals surface area contributed by atoms with Gasteiger partial charge in [0.1, 0.15) is 5.65 Å². The molecule has 0 atom stereocenters. The maximum atomic E-state index is 12.4. The van der Waals surface area contributed by atoms with Gasteiger partial charge in [-0.15, -0.1) is 0 Å². The molecular formula is C19H14N2O2. The molecule has 0 unspecified atom stereocenters. The van der Waals surface area contributed by atoms with Crippen LogP contribution in [0.2, 0.25) is 0 Å². The number of carbonyl (C=O) groups excluding carboxylic acids is 1. The maximum absolute atomic E-state index is 12.4. The number of carbonyl (C=O) groups is 1. The van der Waals surface area contributed by atoms with Crippen LogP contribution in [-0.4, -0.2) is 22.5 Å². The van der Waals surface area contributed by atoms with Gasteiger partial charge in [-0.05, 0) is 22.9 Å². The zero-order chi connectivity index (χ0) is 15.8. The summed E-state index contributed by atoms with van der Waals surface area (Å²) in [6.45, 7) is 0. The quantitative estimate of drug-likeness (QED) is 0.527. The number of imidazole rings is 1. The largest absolute Gasteiger partial charge is 0.465 e. The maximum Gasteiger partial charge on any atom is 0.339 e. The summed E-state index contributed by atoms with van der Waals surface area (Å²) in [6.07, 6.45) is 3.86. The highest BCUT2D eigenvalue weighted by Gasteiger charge is 2.18.